The summed E-state index contributed by atoms with van der Waals surface area (Å²) in [5, 5.41) is 6.84. The van der Waals surface area contributed by atoms with Crippen molar-refractivity contribution in [2.75, 3.05) is 5.32 Å². The molecule has 0 unspecified atom stereocenters. The third-order valence-corrected chi connectivity index (χ3v) is 5.75. The third-order valence-electron chi connectivity index (χ3n) is 5.75. The van der Waals surface area contributed by atoms with Crippen molar-refractivity contribution in [1.82, 2.24) is 10.3 Å². The zero-order chi connectivity index (χ0) is 22.3. The highest BCUT2D eigenvalue weighted by molar-refractivity contribution is 6.13. The summed E-state index contributed by atoms with van der Waals surface area (Å²) in [4.78, 5) is 19.1. The van der Waals surface area contributed by atoms with E-state index in [1.807, 2.05) is 0 Å². The number of nitrogens with one attached hydrogen (secondary N) is 2. The van der Waals surface area contributed by atoms with Crippen molar-refractivity contribution in [2.45, 2.75) is 50.6 Å². The maximum Gasteiger partial charge on any atom is 0.214 e. The van der Waals surface area contributed by atoms with Gasteiger partial charge in [0.1, 0.15) is 11.7 Å². The molecule has 0 spiro atoms. The molecule has 0 saturated heterocycles. The molecule has 3 rings (SSSR count). The van der Waals surface area contributed by atoms with Gasteiger partial charge in [-0.2, -0.15) is 4.39 Å². The van der Waals surface area contributed by atoms with Gasteiger partial charge in [-0.1, -0.05) is 6.92 Å². The second-order valence-electron chi connectivity index (χ2n) is 7.76. The number of aromatic nitrogens is 1. The van der Waals surface area contributed by atoms with Crippen LogP contribution >= 0.6 is 0 Å². The van der Waals surface area contributed by atoms with Crippen LogP contribution in [0, 0.1) is 11.8 Å². The Kier molecular flexibility index (Phi) is 7.33. The molecule has 0 bridgehead atoms. The molecule has 1 aromatic carbocycles. The van der Waals surface area contributed by atoms with E-state index in [-0.39, 0.29) is 28.5 Å². The highest BCUT2D eigenvalue weighted by atomic mass is 19.1. The molecule has 1 heterocycles. The van der Waals surface area contributed by atoms with Crippen molar-refractivity contribution in [3.05, 3.63) is 66.1 Å². The Morgan fingerprint density at radius 1 is 1.26 bits per heavy atom. The molecule has 1 aliphatic carbocycles. The van der Waals surface area contributed by atoms with Crippen molar-refractivity contribution < 1.29 is 13.6 Å². The fraction of sp³-hybridized carbons (Fsp3) is 0.348. The second kappa shape index (κ2) is 10.1. The van der Waals surface area contributed by atoms with Crippen molar-refractivity contribution >= 4 is 23.5 Å². The first-order valence-corrected chi connectivity index (χ1v) is 10.3. The Bertz CT molecular complexity index is 951. The van der Waals surface area contributed by atoms with Crippen LogP contribution in [-0.4, -0.2) is 28.7 Å². The number of carbonyl (C=O) groups excluding carboxylic acids is 1. The van der Waals surface area contributed by atoms with Gasteiger partial charge in [0.25, 0.3) is 0 Å². The predicted molar refractivity (Wildman–Crippen MR) is 118 cm³/mol. The Morgan fingerprint density at radius 3 is 2.58 bits per heavy atom. The molecule has 1 fully saturated rings. The average molecular weight is 427 g/mol. The molecule has 8 heteroatoms. The number of halogens is 2. The molecule has 6 nitrogen and oxygen atoms in total. The average Bonchev–Trinajstić information content (AvgIpc) is 2.77. The summed E-state index contributed by atoms with van der Waals surface area (Å²) in [5.41, 5.74) is 7.20. The van der Waals surface area contributed by atoms with Crippen molar-refractivity contribution in [1.29, 1.82) is 0 Å². The number of aldehydes is 1. The van der Waals surface area contributed by atoms with Gasteiger partial charge in [0.15, 0.2) is 6.29 Å². The van der Waals surface area contributed by atoms with Gasteiger partial charge in [-0.05, 0) is 62.4 Å². The fourth-order valence-electron chi connectivity index (χ4n) is 3.76. The summed E-state index contributed by atoms with van der Waals surface area (Å²) in [6.45, 7) is 2.10. The van der Waals surface area contributed by atoms with Crippen LogP contribution < -0.4 is 16.4 Å². The van der Waals surface area contributed by atoms with E-state index in [9.17, 15) is 13.6 Å². The van der Waals surface area contributed by atoms with Crippen LogP contribution in [0.4, 0.5) is 20.2 Å². The summed E-state index contributed by atoms with van der Waals surface area (Å²) in [7, 11) is 0. The lowest BCUT2D eigenvalue weighted by Crippen LogP contribution is -2.47. The Hall–Kier alpha value is -3.29. The Morgan fingerprint density at radius 2 is 1.97 bits per heavy atom. The zero-order valence-corrected chi connectivity index (χ0v) is 17.4. The summed E-state index contributed by atoms with van der Waals surface area (Å²) in [5.74, 6) is -0.913. The Balaban J connectivity index is 1.63. The van der Waals surface area contributed by atoms with E-state index in [1.54, 1.807) is 18.3 Å². The molecule has 1 saturated carbocycles. The van der Waals surface area contributed by atoms with E-state index >= 15 is 0 Å². The third kappa shape index (κ3) is 6.10. The van der Waals surface area contributed by atoms with E-state index in [0.717, 1.165) is 43.9 Å². The number of pyridine rings is 1. The molecular formula is C23H27F2N5O. The molecule has 0 radical (unpaired) electrons. The molecule has 2 aromatic rings. The van der Waals surface area contributed by atoms with Gasteiger partial charge in [0.05, 0.1) is 11.3 Å². The van der Waals surface area contributed by atoms with E-state index in [0.29, 0.717) is 12.3 Å². The molecule has 0 amide bonds. The van der Waals surface area contributed by atoms with Crippen LogP contribution in [0.25, 0.3) is 0 Å². The van der Waals surface area contributed by atoms with Gasteiger partial charge in [0.2, 0.25) is 5.95 Å². The number of rotatable bonds is 8. The number of anilines is 1. The normalized spacial score (nSPS) is 22.1. The number of benzene rings is 1. The quantitative estimate of drug-likeness (QED) is 0.193. The second-order valence-corrected chi connectivity index (χ2v) is 7.76. The topological polar surface area (TPSA) is 92.4 Å². The number of carbonyl (C=O) groups is 1. The Labute approximate surface area is 180 Å². The first-order valence-electron chi connectivity index (χ1n) is 10.3. The van der Waals surface area contributed by atoms with Gasteiger partial charge in [-0.15, -0.1) is 0 Å². The minimum Gasteiger partial charge on any atom is -0.385 e. The smallest absolute Gasteiger partial charge is 0.214 e. The van der Waals surface area contributed by atoms with E-state index in [2.05, 4.69) is 27.5 Å². The van der Waals surface area contributed by atoms with Crippen LogP contribution in [0.15, 0.2) is 59.4 Å². The molecule has 0 atom stereocenters. The van der Waals surface area contributed by atoms with E-state index in [1.165, 1.54) is 24.4 Å². The largest absolute Gasteiger partial charge is 0.385 e. The predicted octanol–water partition coefficient (Wildman–Crippen LogP) is 4.22. The fourth-order valence-corrected chi connectivity index (χ4v) is 3.76. The van der Waals surface area contributed by atoms with Crippen molar-refractivity contribution in [2.24, 2.45) is 10.7 Å². The number of nitrogens with zero attached hydrogens (tertiary/aromatic N) is 2. The highest BCUT2D eigenvalue weighted by Crippen LogP contribution is 2.32. The maximum absolute atomic E-state index is 13.2. The molecule has 1 aromatic heterocycles. The first-order chi connectivity index (χ1) is 14.9. The highest BCUT2D eigenvalue weighted by Gasteiger charge is 2.33. The lowest BCUT2D eigenvalue weighted by atomic mass is 9.77. The van der Waals surface area contributed by atoms with Gasteiger partial charge in [-0.25, -0.2) is 14.4 Å². The monoisotopic (exact) mass is 427 g/mol. The van der Waals surface area contributed by atoms with Gasteiger partial charge < -0.3 is 16.4 Å². The number of hydrogen-bond donors (Lipinski definition) is 3. The van der Waals surface area contributed by atoms with Gasteiger partial charge in [0, 0.05) is 35.7 Å². The number of aliphatic imine (C=N–C) groups is 1. The molecule has 31 heavy (non-hydrogen) atoms. The summed E-state index contributed by atoms with van der Waals surface area (Å²) >= 11 is 0. The molecule has 4 N–H and O–H groups in total. The van der Waals surface area contributed by atoms with Crippen LogP contribution in [0.3, 0.4) is 0 Å². The minimum absolute atomic E-state index is 0.00557. The van der Waals surface area contributed by atoms with Crippen LogP contribution in [-0.2, 0) is 4.79 Å². The van der Waals surface area contributed by atoms with Crippen molar-refractivity contribution in [3.63, 3.8) is 0 Å². The SMILES string of the molecule is CCC1(N/C=C(/C=O)C(N)=Nc2ccnc(F)c2)CCC(Nc2ccc(F)cc2)CC1. The number of amidine groups is 1. The maximum atomic E-state index is 13.2. The lowest BCUT2D eigenvalue weighted by molar-refractivity contribution is -0.104. The summed E-state index contributed by atoms with van der Waals surface area (Å²) in [6, 6.07) is 9.33. The van der Waals surface area contributed by atoms with Gasteiger partial charge >= 0.3 is 0 Å². The summed E-state index contributed by atoms with van der Waals surface area (Å²) < 4.78 is 26.3. The summed E-state index contributed by atoms with van der Waals surface area (Å²) in [6.07, 6.45) is 8.06. The van der Waals surface area contributed by atoms with Crippen LogP contribution in [0.1, 0.15) is 39.0 Å². The molecule has 1 aliphatic rings. The van der Waals surface area contributed by atoms with E-state index in [4.69, 9.17) is 5.73 Å². The zero-order valence-electron chi connectivity index (χ0n) is 17.4. The molecular weight excluding hydrogens is 400 g/mol. The molecule has 164 valence electrons. The standard InChI is InChI=1S/C23H27F2N5O/c1-2-23(10-7-19(8-11-23)29-18-5-3-17(24)4-6-18)28-14-16(15-31)22(26)30-20-9-12-27-21(25)13-20/h3-6,9,12-15,19,28-29H,2,7-8,10-11H2,1H3,(H2,26,27,30)/b16-14-. The van der Waals surface area contributed by atoms with Crippen LogP contribution in [0.2, 0.25) is 0 Å². The van der Waals surface area contributed by atoms with Crippen molar-refractivity contribution in [3.8, 4) is 0 Å². The number of hydrogen-bond acceptors (Lipinski definition) is 5. The van der Waals surface area contributed by atoms with E-state index < -0.39 is 5.95 Å². The minimum atomic E-state index is -0.667. The molecule has 0 aliphatic heterocycles. The lowest BCUT2D eigenvalue weighted by Gasteiger charge is -2.40. The number of nitrogens with two attached hydrogens (primary N) is 1. The van der Waals surface area contributed by atoms with Gasteiger partial charge in [-0.3, -0.25) is 4.79 Å². The first kappa shape index (κ1) is 22.4. The van der Waals surface area contributed by atoms with Crippen LogP contribution in [0.5, 0.6) is 0 Å².